The maximum atomic E-state index is 5.47. The molecular weight excluding hydrogens is 290 g/mol. The van der Waals surface area contributed by atoms with Gasteiger partial charge in [-0.1, -0.05) is 6.92 Å². The van der Waals surface area contributed by atoms with Gasteiger partial charge >= 0.3 is 0 Å². The minimum atomic E-state index is 0.261. The largest absolute Gasteiger partial charge is 0.379 e. The van der Waals surface area contributed by atoms with Crippen LogP contribution >= 0.6 is 0 Å². The van der Waals surface area contributed by atoms with Gasteiger partial charge in [0.1, 0.15) is 0 Å². The Balaban J connectivity index is 1.70. The number of nitrogens with one attached hydrogen (secondary N) is 1. The Hall–Kier alpha value is -2.05. The summed E-state index contributed by atoms with van der Waals surface area (Å²) in [5, 5.41) is 3.37. The summed E-state index contributed by atoms with van der Waals surface area (Å²) in [5.74, 6) is 0.675. The number of anilines is 1. The maximum Gasteiger partial charge on any atom is 0.222 e. The first-order valence-corrected chi connectivity index (χ1v) is 8.13. The average Bonchev–Trinajstić information content (AvgIpc) is 2.64. The molecule has 6 heteroatoms. The van der Waals surface area contributed by atoms with Crippen LogP contribution in [0.3, 0.4) is 0 Å². The standard InChI is InChI=1S/C17H23N5O/c1-2-14-11-19-17(20-12-14)21-13-16(15-3-5-18-6-4-15)22-7-9-23-10-8-22/h3-6,11-12,16H,2,7-10,13H2,1H3,(H,19,20,21)/t16-/m0/s1. The molecule has 1 aliphatic heterocycles. The third-order valence-corrected chi connectivity index (χ3v) is 4.14. The van der Waals surface area contributed by atoms with Crippen LogP contribution in [0.2, 0.25) is 0 Å². The Morgan fingerprint density at radius 1 is 1.17 bits per heavy atom. The second-order valence-corrected chi connectivity index (χ2v) is 5.59. The van der Waals surface area contributed by atoms with Crippen LogP contribution in [-0.4, -0.2) is 52.7 Å². The van der Waals surface area contributed by atoms with Crippen LogP contribution < -0.4 is 5.32 Å². The SMILES string of the molecule is CCc1cnc(NC[C@@H](c2ccncc2)N2CCOCC2)nc1. The average molecular weight is 313 g/mol. The molecule has 6 nitrogen and oxygen atoms in total. The van der Waals surface area contributed by atoms with E-state index < -0.39 is 0 Å². The summed E-state index contributed by atoms with van der Waals surface area (Å²) < 4.78 is 5.47. The third kappa shape index (κ3) is 4.24. The molecule has 1 fully saturated rings. The van der Waals surface area contributed by atoms with Crippen LogP contribution in [0.1, 0.15) is 24.1 Å². The van der Waals surface area contributed by atoms with Crippen molar-refractivity contribution in [2.45, 2.75) is 19.4 Å². The van der Waals surface area contributed by atoms with E-state index in [0.717, 1.165) is 44.8 Å². The lowest BCUT2D eigenvalue weighted by Gasteiger charge is -2.34. The number of aryl methyl sites for hydroxylation is 1. The van der Waals surface area contributed by atoms with Crippen molar-refractivity contribution in [3.63, 3.8) is 0 Å². The molecule has 0 aliphatic carbocycles. The number of nitrogens with zero attached hydrogens (tertiary/aromatic N) is 4. The Morgan fingerprint density at radius 2 is 1.87 bits per heavy atom. The zero-order valence-electron chi connectivity index (χ0n) is 13.5. The monoisotopic (exact) mass is 313 g/mol. The number of aromatic nitrogens is 3. The number of hydrogen-bond donors (Lipinski definition) is 1. The Morgan fingerprint density at radius 3 is 2.52 bits per heavy atom. The zero-order valence-corrected chi connectivity index (χ0v) is 13.5. The van der Waals surface area contributed by atoms with Crippen LogP contribution in [0.5, 0.6) is 0 Å². The first-order chi connectivity index (χ1) is 11.4. The van der Waals surface area contributed by atoms with E-state index in [0.29, 0.717) is 5.95 Å². The molecule has 2 aromatic rings. The zero-order chi connectivity index (χ0) is 15.9. The van der Waals surface area contributed by atoms with E-state index in [-0.39, 0.29) is 6.04 Å². The van der Waals surface area contributed by atoms with E-state index in [1.54, 1.807) is 0 Å². The summed E-state index contributed by atoms with van der Waals surface area (Å²) in [6.45, 7) is 6.29. The van der Waals surface area contributed by atoms with Crippen LogP contribution in [0, 0.1) is 0 Å². The van der Waals surface area contributed by atoms with Crippen LogP contribution in [-0.2, 0) is 11.2 Å². The maximum absolute atomic E-state index is 5.47. The first-order valence-electron chi connectivity index (χ1n) is 8.13. The lowest BCUT2D eigenvalue weighted by atomic mass is 10.1. The van der Waals surface area contributed by atoms with E-state index in [1.807, 2.05) is 24.8 Å². The first kappa shape index (κ1) is 15.8. The second kappa shape index (κ2) is 7.99. The van der Waals surface area contributed by atoms with E-state index in [4.69, 9.17) is 4.74 Å². The normalized spacial score (nSPS) is 16.9. The van der Waals surface area contributed by atoms with Crippen molar-refractivity contribution in [2.75, 3.05) is 38.2 Å². The van der Waals surface area contributed by atoms with Gasteiger partial charge in [-0.05, 0) is 29.7 Å². The van der Waals surface area contributed by atoms with Crippen molar-refractivity contribution in [2.24, 2.45) is 0 Å². The van der Waals surface area contributed by atoms with Crippen LogP contribution in [0.25, 0.3) is 0 Å². The van der Waals surface area contributed by atoms with E-state index in [9.17, 15) is 0 Å². The molecular formula is C17H23N5O. The summed E-state index contributed by atoms with van der Waals surface area (Å²) in [7, 11) is 0. The van der Waals surface area contributed by atoms with E-state index in [1.165, 1.54) is 5.56 Å². The molecule has 0 spiro atoms. The van der Waals surface area contributed by atoms with Gasteiger partial charge in [0.15, 0.2) is 0 Å². The molecule has 3 rings (SSSR count). The van der Waals surface area contributed by atoms with Gasteiger partial charge in [-0.25, -0.2) is 9.97 Å². The van der Waals surface area contributed by atoms with Gasteiger partial charge in [0.05, 0.1) is 19.3 Å². The van der Waals surface area contributed by atoms with E-state index in [2.05, 4.69) is 44.2 Å². The van der Waals surface area contributed by atoms with Gasteiger partial charge in [0.2, 0.25) is 5.95 Å². The molecule has 23 heavy (non-hydrogen) atoms. The van der Waals surface area contributed by atoms with Gasteiger partial charge in [-0.3, -0.25) is 9.88 Å². The fourth-order valence-electron chi connectivity index (χ4n) is 2.75. The quantitative estimate of drug-likeness (QED) is 0.879. The molecule has 0 unspecified atom stereocenters. The van der Waals surface area contributed by atoms with Crippen molar-refractivity contribution in [3.05, 3.63) is 48.0 Å². The smallest absolute Gasteiger partial charge is 0.222 e. The molecule has 1 atom stereocenters. The lowest BCUT2D eigenvalue weighted by molar-refractivity contribution is 0.0186. The van der Waals surface area contributed by atoms with Gasteiger partial charge in [-0.15, -0.1) is 0 Å². The molecule has 0 bridgehead atoms. The van der Waals surface area contributed by atoms with Crippen LogP contribution in [0.15, 0.2) is 36.9 Å². The topological polar surface area (TPSA) is 63.2 Å². The number of hydrogen-bond acceptors (Lipinski definition) is 6. The van der Waals surface area contributed by atoms with Crippen molar-refractivity contribution < 1.29 is 4.74 Å². The fourth-order valence-corrected chi connectivity index (χ4v) is 2.75. The molecule has 0 amide bonds. The Bertz CT molecular complexity index is 584. The number of ether oxygens (including phenoxy) is 1. The number of morpholine rings is 1. The molecule has 122 valence electrons. The van der Waals surface area contributed by atoms with Gasteiger partial charge < -0.3 is 10.1 Å². The summed E-state index contributed by atoms with van der Waals surface area (Å²) in [6, 6.07) is 4.41. The summed E-state index contributed by atoms with van der Waals surface area (Å²) in [4.78, 5) is 15.3. The van der Waals surface area contributed by atoms with Crippen molar-refractivity contribution in [1.82, 2.24) is 19.9 Å². The molecule has 1 N–H and O–H groups in total. The Kier molecular flexibility index (Phi) is 5.50. The second-order valence-electron chi connectivity index (χ2n) is 5.59. The molecule has 3 heterocycles. The minimum Gasteiger partial charge on any atom is -0.379 e. The van der Waals surface area contributed by atoms with Crippen molar-refractivity contribution in [1.29, 1.82) is 0 Å². The predicted molar refractivity (Wildman–Crippen MR) is 89.3 cm³/mol. The fraction of sp³-hybridized carbons (Fsp3) is 0.471. The number of pyridine rings is 1. The minimum absolute atomic E-state index is 0.261. The van der Waals surface area contributed by atoms with Gasteiger partial charge in [0.25, 0.3) is 0 Å². The molecule has 1 saturated heterocycles. The highest BCUT2D eigenvalue weighted by molar-refractivity contribution is 5.27. The lowest BCUT2D eigenvalue weighted by Crippen LogP contribution is -2.41. The van der Waals surface area contributed by atoms with Gasteiger partial charge in [0, 0.05) is 44.4 Å². The molecule has 0 saturated carbocycles. The molecule has 2 aromatic heterocycles. The van der Waals surface area contributed by atoms with Crippen LogP contribution in [0.4, 0.5) is 5.95 Å². The summed E-state index contributed by atoms with van der Waals surface area (Å²) >= 11 is 0. The molecule has 1 aliphatic rings. The summed E-state index contributed by atoms with van der Waals surface area (Å²) in [6.07, 6.45) is 8.40. The highest BCUT2D eigenvalue weighted by atomic mass is 16.5. The highest BCUT2D eigenvalue weighted by Gasteiger charge is 2.22. The highest BCUT2D eigenvalue weighted by Crippen LogP contribution is 2.21. The summed E-state index contributed by atoms with van der Waals surface area (Å²) in [5.41, 5.74) is 2.40. The molecule has 0 aromatic carbocycles. The number of rotatable bonds is 6. The third-order valence-electron chi connectivity index (χ3n) is 4.14. The van der Waals surface area contributed by atoms with E-state index >= 15 is 0 Å². The molecule has 0 radical (unpaired) electrons. The predicted octanol–water partition coefficient (Wildman–Crippen LogP) is 1.92. The van der Waals surface area contributed by atoms with Crippen molar-refractivity contribution >= 4 is 5.95 Å². The van der Waals surface area contributed by atoms with Gasteiger partial charge in [-0.2, -0.15) is 0 Å². The van der Waals surface area contributed by atoms with Crippen molar-refractivity contribution in [3.8, 4) is 0 Å². The Labute approximate surface area is 136 Å².